The third-order valence-electron chi connectivity index (χ3n) is 2.94. The van der Waals surface area contributed by atoms with E-state index in [1.54, 1.807) is 11.3 Å². The van der Waals surface area contributed by atoms with Crippen molar-refractivity contribution >= 4 is 22.2 Å². The number of aromatic nitrogens is 2. The predicted octanol–water partition coefficient (Wildman–Crippen LogP) is 1.18. The predicted molar refractivity (Wildman–Crippen MR) is 64.5 cm³/mol. The van der Waals surface area contributed by atoms with Crippen molar-refractivity contribution in [3.8, 4) is 0 Å². The van der Waals surface area contributed by atoms with E-state index in [-0.39, 0.29) is 5.91 Å². The summed E-state index contributed by atoms with van der Waals surface area (Å²) in [4.78, 5) is 19.5. The summed E-state index contributed by atoms with van der Waals surface area (Å²) in [5.74, 6) is 0.0525. The number of carbonyl (C=O) groups excluding carboxylic acids is 1. The zero-order valence-corrected chi connectivity index (χ0v) is 10.4. The summed E-state index contributed by atoms with van der Waals surface area (Å²) in [6.07, 6.45) is 1.90. The number of fused-ring (bicyclic) bond motifs is 1. The minimum Gasteiger partial charge on any atom is -0.378 e. The van der Waals surface area contributed by atoms with E-state index in [1.807, 2.05) is 27.8 Å². The first-order valence-electron chi connectivity index (χ1n) is 5.56. The third-order valence-corrected chi connectivity index (χ3v) is 3.69. The average Bonchev–Trinajstić information content (AvgIpc) is 2.89. The second kappa shape index (κ2) is 4.12. The summed E-state index contributed by atoms with van der Waals surface area (Å²) >= 11 is 1.54. The second-order valence-corrected chi connectivity index (χ2v) is 4.88. The topological polar surface area (TPSA) is 46.8 Å². The minimum absolute atomic E-state index is 0.0525. The Labute approximate surface area is 103 Å². The highest BCUT2D eigenvalue weighted by atomic mass is 32.1. The molecule has 0 saturated carbocycles. The van der Waals surface area contributed by atoms with Crippen LogP contribution in [0.25, 0.3) is 4.96 Å². The fourth-order valence-corrected chi connectivity index (χ4v) is 2.83. The fourth-order valence-electron chi connectivity index (χ4n) is 2.07. The average molecular weight is 251 g/mol. The first-order valence-corrected chi connectivity index (χ1v) is 6.44. The molecule has 1 aliphatic heterocycles. The largest absolute Gasteiger partial charge is 0.378 e. The summed E-state index contributed by atoms with van der Waals surface area (Å²) in [5.41, 5.74) is 1.48. The molecule has 1 aliphatic rings. The maximum Gasteiger partial charge on any atom is 0.272 e. The molecule has 2 aromatic rings. The number of ether oxygens (including phenoxy) is 1. The zero-order chi connectivity index (χ0) is 11.8. The molecule has 17 heavy (non-hydrogen) atoms. The van der Waals surface area contributed by atoms with Gasteiger partial charge in [0.2, 0.25) is 0 Å². The van der Waals surface area contributed by atoms with Crippen molar-refractivity contribution in [2.45, 2.75) is 6.92 Å². The first-order chi connectivity index (χ1) is 8.27. The van der Waals surface area contributed by atoms with Crippen molar-refractivity contribution in [3.63, 3.8) is 0 Å². The van der Waals surface area contributed by atoms with Gasteiger partial charge in [0.05, 0.1) is 18.9 Å². The van der Waals surface area contributed by atoms with E-state index in [9.17, 15) is 4.79 Å². The molecule has 3 heterocycles. The highest BCUT2D eigenvalue weighted by Gasteiger charge is 2.24. The Morgan fingerprint density at radius 1 is 1.47 bits per heavy atom. The summed E-state index contributed by atoms with van der Waals surface area (Å²) in [7, 11) is 0. The van der Waals surface area contributed by atoms with E-state index in [2.05, 4.69) is 4.98 Å². The van der Waals surface area contributed by atoms with Crippen LogP contribution in [0, 0.1) is 6.92 Å². The number of amides is 1. The van der Waals surface area contributed by atoms with Gasteiger partial charge in [0, 0.05) is 24.7 Å². The first kappa shape index (κ1) is 10.7. The van der Waals surface area contributed by atoms with Gasteiger partial charge in [-0.1, -0.05) is 0 Å². The van der Waals surface area contributed by atoms with Gasteiger partial charge in [-0.2, -0.15) is 0 Å². The van der Waals surface area contributed by atoms with E-state index in [0.29, 0.717) is 32.0 Å². The molecule has 3 rings (SSSR count). The van der Waals surface area contributed by atoms with Crippen molar-refractivity contribution in [2.75, 3.05) is 26.3 Å². The molecule has 1 saturated heterocycles. The third kappa shape index (κ3) is 1.73. The van der Waals surface area contributed by atoms with Gasteiger partial charge in [-0.05, 0) is 6.92 Å². The van der Waals surface area contributed by atoms with Crippen LogP contribution in [-0.2, 0) is 4.74 Å². The van der Waals surface area contributed by atoms with Crippen LogP contribution in [0.4, 0.5) is 0 Å². The molecule has 0 bridgehead atoms. The molecule has 0 unspecified atom stereocenters. The Hall–Kier alpha value is -1.40. The molecule has 0 atom stereocenters. The van der Waals surface area contributed by atoms with Crippen LogP contribution in [0.1, 0.15) is 16.2 Å². The smallest absolute Gasteiger partial charge is 0.272 e. The monoisotopic (exact) mass is 251 g/mol. The van der Waals surface area contributed by atoms with Crippen LogP contribution in [-0.4, -0.2) is 46.5 Å². The molecule has 0 N–H and O–H groups in total. The van der Waals surface area contributed by atoms with E-state index < -0.39 is 0 Å². The summed E-state index contributed by atoms with van der Waals surface area (Å²) < 4.78 is 7.13. The molecular weight excluding hydrogens is 238 g/mol. The van der Waals surface area contributed by atoms with Crippen LogP contribution in [0.2, 0.25) is 0 Å². The highest BCUT2D eigenvalue weighted by molar-refractivity contribution is 7.15. The number of carbonyl (C=O) groups is 1. The number of nitrogens with zero attached hydrogens (tertiary/aromatic N) is 3. The molecule has 1 fully saturated rings. The van der Waals surface area contributed by atoms with E-state index in [4.69, 9.17) is 4.74 Å². The SMILES string of the molecule is Cc1nc2sccn2c1C(=O)N1CCOCC1. The Kier molecular flexibility index (Phi) is 2.60. The molecule has 0 aromatic carbocycles. The Morgan fingerprint density at radius 3 is 3.00 bits per heavy atom. The Bertz CT molecular complexity index is 554. The number of aryl methyl sites for hydroxylation is 1. The summed E-state index contributed by atoms with van der Waals surface area (Å²) in [6.45, 7) is 4.45. The van der Waals surface area contributed by atoms with Gasteiger partial charge < -0.3 is 9.64 Å². The van der Waals surface area contributed by atoms with Crippen LogP contribution in [0.3, 0.4) is 0 Å². The van der Waals surface area contributed by atoms with Gasteiger partial charge in [0.1, 0.15) is 5.69 Å². The summed E-state index contributed by atoms with van der Waals surface area (Å²) in [5, 5.41) is 1.94. The van der Waals surface area contributed by atoms with Gasteiger partial charge in [0.15, 0.2) is 4.96 Å². The number of imidazole rings is 1. The minimum atomic E-state index is 0.0525. The molecule has 6 heteroatoms. The quantitative estimate of drug-likeness (QED) is 0.764. The molecule has 0 aliphatic carbocycles. The molecule has 90 valence electrons. The lowest BCUT2D eigenvalue weighted by molar-refractivity contribution is 0.0298. The van der Waals surface area contributed by atoms with Crippen LogP contribution < -0.4 is 0 Å². The normalized spacial score (nSPS) is 16.6. The highest BCUT2D eigenvalue weighted by Crippen LogP contribution is 2.18. The van der Waals surface area contributed by atoms with E-state index >= 15 is 0 Å². The lowest BCUT2D eigenvalue weighted by Gasteiger charge is -2.26. The van der Waals surface area contributed by atoms with Crippen LogP contribution >= 0.6 is 11.3 Å². The number of thiazole rings is 1. The molecule has 5 nitrogen and oxygen atoms in total. The van der Waals surface area contributed by atoms with Crippen molar-refractivity contribution in [2.24, 2.45) is 0 Å². The molecule has 0 spiro atoms. The van der Waals surface area contributed by atoms with Crippen molar-refractivity contribution < 1.29 is 9.53 Å². The van der Waals surface area contributed by atoms with Gasteiger partial charge >= 0.3 is 0 Å². The Balaban J connectivity index is 1.99. The van der Waals surface area contributed by atoms with Crippen LogP contribution in [0.5, 0.6) is 0 Å². The molecule has 1 amide bonds. The lowest BCUT2D eigenvalue weighted by atomic mass is 10.3. The Morgan fingerprint density at radius 2 is 2.24 bits per heavy atom. The van der Waals surface area contributed by atoms with E-state index in [0.717, 1.165) is 10.7 Å². The van der Waals surface area contributed by atoms with E-state index in [1.165, 1.54) is 0 Å². The zero-order valence-electron chi connectivity index (χ0n) is 9.55. The molecule has 2 aromatic heterocycles. The van der Waals surface area contributed by atoms with Crippen LogP contribution in [0.15, 0.2) is 11.6 Å². The van der Waals surface area contributed by atoms with Gasteiger partial charge in [-0.15, -0.1) is 11.3 Å². The molecular formula is C11H13N3O2S. The molecule has 0 radical (unpaired) electrons. The van der Waals surface area contributed by atoms with Gasteiger partial charge in [-0.3, -0.25) is 9.20 Å². The van der Waals surface area contributed by atoms with Crippen molar-refractivity contribution in [3.05, 3.63) is 23.0 Å². The number of rotatable bonds is 1. The maximum absolute atomic E-state index is 12.4. The standard InChI is InChI=1S/C11H13N3O2S/c1-8-9(14-4-7-17-11(14)12-8)10(15)13-2-5-16-6-3-13/h4,7H,2-3,5-6H2,1H3. The van der Waals surface area contributed by atoms with Crippen molar-refractivity contribution in [1.29, 1.82) is 0 Å². The number of hydrogen-bond donors (Lipinski definition) is 0. The van der Waals surface area contributed by atoms with Gasteiger partial charge in [-0.25, -0.2) is 4.98 Å². The number of morpholine rings is 1. The maximum atomic E-state index is 12.4. The van der Waals surface area contributed by atoms with Crippen molar-refractivity contribution in [1.82, 2.24) is 14.3 Å². The van der Waals surface area contributed by atoms with Gasteiger partial charge in [0.25, 0.3) is 5.91 Å². The lowest BCUT2D eigenvalue weighted by Crippen LogP contribution is -2.41. The summed E-state index contributed by atoms with van der Waals surface area (Å²) in [6, 6.07) is 0. The fraction of sp³-hybridized carbons (Fsp3) is 0.455. The number of hydrogen-bond acceptors (Lipinski definition) is 4. The second-order valence-electron chi connectivity index (χ2n) is 4.01.